The minimum absolute atomic E-state index is 0.180. The summed E-state index contributed by atoms with van der Waals surface area (Å²) in [4.78, 5) is 28.1. The Morgan fingerprint density at radius 1 is 0.938 bits per heavy atom. The molecule has 0 radical (unpaired) electrons. The molecule has 0 saturated carbocycles. The zero-order chi connectivity index (χ0) is 22.5. The van der Waals surface area contributed by atoms with Crippen molar-refractivity contribution in [3.63, 3.8) is 0 Å². The number of aromatic nitrogens is 1. The number of para-hydroxylation sites is 1. The molecule has 160 valence electrons. The fourth-order valence-corrected chi connectivity index (χ4v) is 3.16. The highest BCUT2D eigenvalue weighted by Gasteiger charge is 2.13. The number of nitrogens with one attached hydrogen (secondary N) is 1. The van der Waals surface area contributed by atoms with Crippen molar-refractivity contribution in [1.29, 1.82) is 0 Å². The van der Waals surface area contributed by atoms with Crippen LogP contribution in [0.25, 0.3) is 10.9 Å². The molecule has 0 aliphatic carbocycles. The average Bonchev–Trinajstić information content (AvgIpc) is 2.82. The number of amides is 1. The highest BCUT2D eigenvalue weighted by atomic mass is 19.1. The summed E-state index contributed by atoms with van der Waals surface area (Å²) in [6, 6.07) is 21.2. The molecule has 0 spiro atoms. The van der Waals surface area contributed by atoms with E-state index in [0.717, 1.165) is 16.5 Å². The van der Waals surface area contributed by atoms with Crippen molar-refractivity contribution in [2.24, 2.45) is 0 Å². The summed E-state index contributed by atoms with van der Waals surface area (Å²) < 4.78 is 19.1. The van der Waals surface area contributed by atoms with E-state index in [-0.39, 0.29) is 36.1 Å². The molecule has 3 aromatic carbocycles. The number of carbonyl (C=O) groups excluding carboxylic acids is 1. The Balaban J connectivity index is 1.52. The zero-order valence-corrected chi connectivity index (χ0v) is 16.9. The van der Waals surface area contributed by atoms with Crippen molar-refractivity contribution in [2.45, 2.75) is 13.2 Å². The number of hydrogen-bond donors (Lipinski definition) is 2. The van der Waals surface area contributed by atoms with Gasteiger partial charge in [0.2, 0.25) is 0 Å². The minimum Gasteiger partial charge on any atom is -0.488 e. The summed E-state index contributed by atoms with van der Waals surface area (Å²) in [5.74, 6) is -1.21. The van der Waals surface area contributed by atoms with Gasteiger partial charge in [0, 0.05) is 18.0 Å². The summed E-state index contributed by atoms with van der Waals surface area (Å²) in [5, 5.41) is 12.5. The lowest BCUT2D eigenvalue weighted by Crippen LogP contribution is -2.24. The van der Waals surface area contributed by atoms with Crippen LogP contribution < -0.4 is 10.1 Å². The molecule has 0 aliphatic rings. The Kier molecular flexibility index (Phi) is 6.07. The van der Waals surface area contributed by atoms with E-state index in [1.54, 1.807) is 36.4 Å². The molecule has 6 nitrogen and oxygen atoms in total. The van der Waals surface area contributed by atoms with Crippen LogP contribution >= 0.6 is 0 Å². The number of benzene rings is 3. The van der Waals surface area contributed by atoms with Gasteiger partial charge in [-0.25, -0.2) is 14.2 Å². The molecule has 0 atom stereocenters. The van der Waals surface area contributed by atoms with Gasteiger partial charge in [0.25, 0.3) is 5.91 Å². The van der Waals surface area contributed by atoms with Gasteiger partial charge in [0.1, 0.15) is 23.9 Å². The van der Waals surface area contributed by atoms with Crippen LogP contribution in [0.5, 0.6) is 5.75 Å². The predicted molar refractivity (Wildman–Crippen MR) is 117 cm³/mol. The standard InChI is InChI=1S/C25H19FN2O4/c26-19-11-7-17(8-12-19)15-32-23-13-22(28-21-4-2-1-3-20(21)23)24(29)27-14-16-5-9-18(10-6-16)25(30)31/h1-13H,14-15H2,(H,27,29)(H,30,31). The maximum atomic E-state index is 13.1. The third-order valence-corrected chi connectivity index (χ3v) is 4.87. The Bertz CT molecular complexity index is 1270. The van der Waals surface area contributed by atoms with E-state index in [1.165, 1.54) is 24.3 Å². The molecule has 32 heavy (non-hydrogen) atoms. The van der Waals surface area contributed by atoms with Gasteiger partial charge in [-0.15, -0.1) is 0 Å². The number of carboxylic acid groups (broad SMARTS) is 1. The van der Waals surface area contributed by atoms with Crippen molar-refractivity contribution >= 4 is 22.8 Å². The first-order valence-corrected chi connectivity index (χ1v) is 9.87. The smallest absolute Gasteiger partial charge is 0.335 e. The second-order valence-corrected chi connectivity index (χ2v) is 7.12. The van der Waals surface area contributed by atoms with E-state index in [2.05, 4.69) is 10.3 Å². The number of hydrogen-bond acceptors (Lipinski definition) is 4. The third-order valence-electron chi connectivity index (χ3n) is 4.87. The highest BCUT2D eigenvalue weighted by molar-refractivity contribution is 5.97. The van der Waals surface area contributed by atoms with Crippen molar-refractivity contribution in [1.82, 2.24) is 10.3 Å². The molecule has 4 aromatic rings. The van der Waals surface area contributed by atoms with Crippen LogP contribution in [0.1, 0.15) is 32.0 Å². The molecule has 0 unspecified atom stereocenters. The first kappa shape index (κ1) is 21.0. The van der Waals surface area contributed by atoms with Gasteiger partial charge in [0.05, 0.1) is 11.1 Å². The lowest BCUT2D eigenvalue weighted by molar-refractivity contribution is 0.0696. The number of aromatic carboxylic acids is 1. The van der Waals surface area contributed by atoms with Gasteiger partial charge < -0.3 is 15.2 Å². The molecule has 1 heterocycles. The lowest BCUT2D eigenvalue weighted by Gasteiger charge is -2.12. The summed E-state index contributed by atoms with van der Waals surface area (Å²) >= 11 is 0. The van der Waals surface area contributed by atoms with E-state index in [4.69, 9.17) is 9.84 Å². The van der Waals surface area contributed by atoms with Crippen LogP contribution in [-0.4, -0.2) is 22.0 Å². The number of nitrogens with zero attached hydrogens (tertiary/aromatic N) is 1. The Morgan fingerprint density at radius 3 is 2.34 bits per heavy atom. The second kappa shape index (κ2) is 9.26. The Hall–Kier alpha value is -4.26. The third kappa shape index (κ3) is 4.89. The van der Waals surface area contributed by atoms with Crippen LogP contribution in [-0.2, 0) is 13.2 Å². The molecule has 2 N–H and O–H groups in total. The fourth-order valence-electron chi connectivity index (χ4n) is 3.16. The van der Waals surface area contributed by atoms with Crippen LogP contribution in [0.2, 0.25) is 0 Å². The molecule has 0 aliphatic heterocycles. The van der Waals surface area contributed by atoms with Crippen LogP contribution in [0, 0.1) is 5.82 Å². The van der Waals surface area contributed by atoms with Crippen molar-refractivity contribution < 1.29 is 23.8 Å². The van der Waals surface area contributed by atoms with Gasteiger partial charge in [-0.3, -0.25) is 4.79 Å². The predicted octanol–water partition coefficient (Wildman–Crippen LogP) is 4.58. The number of rotatable bonds is 7. The number of pyridine rings is 1. The number of ether oxygens (including phenoxy) is 1. The Labute approximate surface area is 183 Å². The topological polar surface area (TPSA) is 88.5 Å². The second-order valence-electron chi connectivity index (χ2n) is 7.12. The van der Waals surface area contributed by atoms with Crippen LogP contribution in [0.15, 0.2) is 78.9 Å². The maximum absolute atomic E-state index is 13.1. The monoisotopic (exact) mass is 430 g/mol. The molecule has 7 heteroatoms. The zero-order valence-electron chi connectivity index (χ0n) is 16.9. The first-order chi connectivity index (χ1) is 15.5. The number of halogens is 1. The number of carboxylic acids is 1. The van der Waals surface area contributed by atoms with Gasteiger partial charge in [0.15, 0.2) is 0 Å². The number of carbonyl (C=O) groups is 2. The van der Waals surface area contributed by atoms with Gasteiger partial charge in [-0.2, -0.15) is 0 Å². The summed E-state index contributed by atoms with van der Waals surface area (Å²) in [5.41, 5.74) is 2.54. The van der Waals surface area contributed by atoms with E-state index in [9.17, 15) is 14.0 Å². The van der Waals surface area contributed by atoms with Crippen molar-refractivity contribution in [2.75, 3.05) is 0 Å². The van der Waals surface area contributed by atoms with E-state index in [0.29, 0.717) is 11.3 Å². The van der Waals surface area contributed by atoms with Crippen LogP contribution in [0.3, 0.4) is 0 Å². The fraction of sp³-hybridized carbons (Fsp3) is 0.0800. The van der Waals surface area contributed by atoms with E-state index in [1.807, 2.05) is 18.2 Å². The molecule has 0 fully saturated rings. The molecular formula is C25H19FN2O4. The first-order valence-electron chi connectivity index (χ1n) is 9.87. The average molecular weight is 430 g/mol. The Morgan fingerprint density at radius 2 is 1.62 bits per heavy atom. The molecule has 4 rings (SSSR count). The van der Waals surface area contributed by atoms with Crippen LogP contribution in [0.4, 0.5) is 4.39 Å². The summed E-state index contributed by atoms with van der Waals surface area (Å²) in [7, 11) is 0. The highest BCUT2D eigenvalue weighted by Crippen LogP contribution is 2.26. The SMILES string of the molecule is O=C(O)c1ccc(CNC(=O)c2cc(OCc3ccc(F)cc3)c3ccccc3n2)cc1. The van der Waals surface area contributed by atoms with Crippen molar-refractivity contribution in [3.8, 4) is 5.75 Å². The molecule has 0 bridgehead atoms. The summed E-state index contributed by atoms with van der Waals surface area (Å²) in [6.45, 7) is 0.435. The molecule has 1 aromatic heterocycles. The molecular weight excluding hydrogens is 411 g/mol. The maximum Gasteiger partial charge on any atom is 0.335 e. The summed E-state index contributed by atoms with van der Waals surface area (Å²) in [6.07, 6.45) is 0. The quantitative estimate of drug-likeness (QED) is 0.448. The largest absolute Gasteiger partial charge is 0.488 e. The van der Waals surface area contributed by atoms with Crippen molar-refractivity contribution in [3.05, 3.63) is 107 Å². The van der Waals surface area contributed by atoms with E-state index >= 15 is 0 Å². The molecule has 1 amide bonds. The van der Waals surface area contributed by atoms with Gasteiger partial charge >= 0.3 is 5.97 Å². The normalized spacial score (nSPS) is 10.7. The molecule has 0 saturated heterocycles. The lowest BCUT2D eigenvalue weighted by atomic mass is 10.1. The number of fused-ring (bicyclic) bond motifs is 1. The minimum atomic E-state index is -1.01. The van der Waals surface area contributed by atoms with E-state index < -0.39 is 5.97 Å². The van der Waals surface area contributed by atoms with Gasteiger partial charge in [-0.05, 0) is 47.5 Å². The van der Waals surface area contributed by atoms with Gasteiger partial charge in [-0.1, -0.05) is 36.4 Å².